The maximum absolute atomic E-state index is 12.6. The van der Waals surface area contributed by atoms with Crippen LogP contribution in [0.2, 0.25) is 0 Å². The average Bonchev–Trinajstić information content (AvgIpc) is 2.59. The second kappa shape index (κ2) is 6.87. The van der Waals surface area contributed by atoms with Crippen molar-refractivity contribution in [1.29, 1.82) is 0 Å². The zero-order valence-electron chi connectivity index (χ0n) is 14.3. The van der Waals surface area contributed by atoms with Crippen molar-refractivity contribution in [3.63, 3.8) is 0 Å². The predicted octanol–water partition coefficient (Wildman–Crippen LogP) is 1.93. The Morgan fingerprint density at radius 2 is 1.88 bits per heavy atom. The number of para-hydroxylation sites is 1. The molecule has 0 aliphatic carbocycles. The van der Waals surface area contributed by atoms with Gasteiger partial charge in [-0.2, -0.15) is 0 Å². The summed E-state index contributed by atoms with van der Waals surface area (Å²) >= 11 is 0. The highest BCUT2D eigenvalue weighted by Crippen LogP contribution is 2.31. The summed E-state index contributed by atoms with van der Waals surface area (Å²) in [7, 11) is 1.23. The molecule has 0 amide bonds. The molecule has 0 aliphatic heterocycles. The van der Waals surface area contributed by atoms with E-state index in [4.69, 9.17) is 4.74 Å². The first-order chi connectivity index (χ1) is 12.4. The summed E-state index contributed by atoms with van der Waals surface area (Å²) < 4.78 is 4.71. The molecule has 3 aromatic rings. The lowest BCUT2D eigenvalue weighted by atomic mass is 9.88. The Hall–Kier alpha value is -3.35. The molecule has 0 spiro atoms. The van der Waals surface area contributed by atoms with Crippen LogP contribution in [0.4, 0.5) is 0 Å². The summed E-state index contributed by atoms with van der Waals surface area (Å²) in [6, 6.07) is 10.2. The average molecular weight is 354 g/mol. The third kappa shape index (κ3) is 3.23. The molecular weight excluding hydrogens is 336 g/mol. The highest BCUT2D eigenvalue weighted by Gasteiger charge is 2.27. The second-order valence-electron chi connectivity index (χ2n) is 6.05. The molecule has 0 radical (unpaired) electrons. The standard InChI is InChI=1S/C19H18N2O5/c1-10-7-15(22)17(19(25)20-10)12(9-16(23)26-2)13-8-11-5-3-4-6-14(11)21-18(13)24/h3-8,12H,9H2,1-2H3,(H,21,24)(H2,20,22,25). The van der Waals surface area contributed by atoms with E-state index in [1.165, 1.54) is 13.2 Å². The number of aromatic hydroxyl groups is 1. The fraction of sp³-hybridized carbons (Fsp3) is 0.211. The van der Waals surface area contributed by atoms with Crippen molar-refractivity contribution in [2.45, 2.75) is 19.3 Å². The Morgan fingerprint density at radius 3 is 2.58 bits per heavy atom. The Kier molecular flexibility index (Phi) is 4.62. The number of hydrogen-bond acceptors (Lipinski definition) is 5. The zero-order chi connectivity index (χ0) is 18.8. The number of H-pyrrole nitrogens is 2. The van der Waals surface area contributed by atoms with E-state index in [9.17, 15) is 19.5 Å². The van der Waals surface area contributed by atoms with Crippen LogP contribution in [0.1, 0.15) is 29.2 Å². The molecule has 0 saturated carbocycles. The number of esters is 1. The van der Waals surface area contributed by atoms with E-state index in [-0.39, 0.29) is 23.3 Å². The number of aromatic amines is 2. The lowest BCUT2D eigenvalue weighted by molar-refractivity contribution is -0.140. The van der Waals surface area contributed by atoms with Gasteiger partial charge < -0.3 is 19.8 Å². The van der Waals surface area contributed by atoms with E-state index >= 15 is 0 Å². The third-order valence-corrected chi connectivity index (χ3v) is 4.29. The van der Waals surface area contributed by atoms with Crippen LogP contribution in [0, 0.1) is 6.92 Å². The minimum Gasteiger partial charge on any atom is -0.507 e. The van der Waals surface area contributed by atoms with E-state index in [1.54, 1.807) is 25.1 Å². The van der Waals surface area contributed by atoms with Crippen LogP contribution in [0.3, 0.4) is 0 Å². The smallest absolute Gasteiger partial charge is 0.306 e. The van der Waals surface area contributed by atoms with Gasteiger partial charge in [-0.3, -0.25) is 14.4 Å². The molecule has 0 fully saturated rings. The number of benzene rings is 1. The van der Waals surface area contributed by atoms with Gasteiger partial charge in [0.2, 0.25) is 0 Å². The SMILES string of the molecule is COC(=O)CC(c1cc2ccccc2[nH]c1=O)c1c(O)cc(C)[nH]c1=O. The Morgan fingerprint density at radius 1 is 1.15 bits per heavy atom. The molecule has 7 heteroatoms. The van der Waals surface area contributed by atoms with Gasteiger partial charge in [0, 0.05) is 22.7 Å². The van der Waals surface area contributed by atoms with Crippen molar-refractivity contribution in [3.05, 3.63) is 73.9 Å². The van der Waals surface area contributed by atoms with Crippen LogP contribution in [-0.2, 0) is 9.53 Å². The van der Waals surface area contributed by atoms with Crippen LogP contribution in [0.5, 0.6) is 5.75 Å². The quantitative estimate of drug-likeness (QED) is 0.620. The minimum absolute atomic E-state index is 0.0400. The van der Waals surface area contributed by atoms with E-state index in [0.717, 1.165) is 5.39 Å². The molecule has 3 rings (SSSR count). The number of ether oxygens (including phenoxy) is 1. The molecule has 2 aromatic heterocycles. The van der Waals surface area contributed by atoms with Gasteiger partial charge in [0.05, 0.1) is 19.1 Å². The van der Waals surface area contributed by atoms with Crippen molar-refractivity contribution in [2.24, 2.45) is 0 Å². The number of carbonyl (C=O) groups excluding carboxylic acids is 1. The maximum atomic E-state index is 12.6. The molecular formula is C19H18N2O5. The summed E-state index contributed by atoms with van der Waals surface area (Å²) in [4.78, 5) is 42.3. The van der Waals surface area contributed by atoms with E-state index < -0.39 is 23.0 Å². The summed E-state index contributed by atoms with van der Waals surface area (Å²) in [6.07, 6.45) is -0.252. The first-order valence-electron chi connectivity index (χ1n) is 8.02. The van der Waals surface area contributed by atoms with Gasteiger partial charge in [-0.15, -0.1) is 0 Å². The van der Waals surface area contributed by atoms with E-state index in [1.807, 2.05) is 12.1 Å². The van der Waals surface area contributed by atoms with Crippen LogP contribution in [0.25, 0.3) is 10.9 Å². The number of pyridine rings is 2. The Labute approximate surface area is 148 Å². The molecule has 0 bridgehead atoms. The van der Waals surface area contributed by atoms with Crippen LogP contribution in [-0.4, -0.2) is 28.2 Å². The number of rotatable bonds is 4. The molecule has 134 valence electrons. The normalized spacial score (nSPS) is 12.1. The van der Waals surface area contributed by atoms with Crippen LogP contribution >= 0.6 is 0 Å². The molecule has 0 aliphatic rings. The summed E-state index contributed by atoms with van der Waals surface area (Å²) in [5, 5.41) is 11.1. The van der Waals surface area contributed by atoms with Crippen molar-refractivity contribution in [2.75, 3.05) is 7.11 Å². The number of aryl methyl sites for hydroxylation is 1. The van der Waals surface area contributed by atoms with Gasteiger partial charge in [0.25, 0.3) is 11.1 Å². The fourth-order valence-corrected chi connectivity index (χ4v) is 3.06. The fourth-order valence-electron chi connectivity index (χ4n) is 3.06. The highest BCUT2D eigenvalue weighted by atomic mass is 16.5. The predicted molar refractivity (Wildman–Crippen MR) is 96.5 cm³/mol. The van der Waals surface area contributed by atoms with Crippen molar-refractivity contribution in [1.82, 2.24) is 9.97 Å². The zero-order valence-corrected chi connectivity index (χ0v) is 14.3. The highest BCUT2D eigenvalue weighted by molar-refractivity contribution is 5.79. The molecule has 26 heavy (non-hydrogen) atoms. The van der Waals surface area contributed by atoms with Crippen molar-refractivity contribution < 1.29 is 14.6 Å². The van der Waals surface area contributed by atoms with Crippen molar-refractivity contribution >= 4 is 16.9 Å². The first kappa shape index (κ1) is 17.5. The Bertz CT molecular complexity index is 1100. The van der Waals surface area contributed by atoms with Gasteiger partial charge in [0.1, 0.15) is 5.75 Å². The van der Waals surface area contributed by atoms with Crippen molar-refractivity contribution in [3.8, 4) is 5.75 Å². The molecule has 1 atom stereocenters. The maximum Gasteiger partial charge on any atom is 0.306 e. The third-order valence-electron chi connectivity index (χ3n) is 4.29. The first-order valence-corrected chi connectivity index (χ1v) is 8.02. The van der Waals surface area contributed by atoms with Gasteiger partial charge in [0.15, 0.2) is 0 Å². The van der Waals surface area contributed by atoms with Gasteiger partial charge >= 0.3 is 5.97 Å². The summed E-state index contributed by atoms with van der Waals surface area (Å²) in [5.74, 6) is -1.81. The summed E-state index contributed by atoms with van der Waals surface area (Å²) in [6.45, 7) is 1.63. The molecule has 3 N–H and O–H groups in total. The molecule has 7 nitrogen and oxygen atoms in total. The minimum atomic E-state index is -0.944. The van der Waals surface area contributed by atoms with Gasteiger partial charge in [-0.1, -0.05) is 18.2 Å². The molecule has 1 aromatic carbocycles. The number of methoxy groups -OCH3 is 1. The molecule has 2 heterocycles. The Balaban J connectivity index is 2.26. The van der Waals surface area contributed by atoms with Gasteiger partial charge in [-0.25, -0.2) is 0 Å². The molecule has 0 saturated heterocycles. The monoisotopic (exact) mass is 354 g/mol. The van der Waals surface area contributed by atoms with E-state index in [2.05, 4.69) is 9.97 Å². The topological polar surface area (TPSA) is 112 Å². The van der Waals surface area contributed by atoms with E-state index in [0.29, 0.717) is 11.2 Å². The van der Waals surface area contributed by atoms with Crippen LogP contribution in [0.15, 0.2) is 46.0 Å². The van der Waals surface area contributed by atoms with Crippen LogP contribution < -0.4 is 11.1 Å². The van der Waals surface area contributed by atoms with Gasteiger partial charge in [-0.05, 0) is 30.5 Å². The lowest BCUT2D eigenvalue weighted by Gasteiger charge is -2.17. The number of hydrogen-bond donors (Lipinski definition) is 3. The number of nitrogens with one attached hydrogen (secondary N) is 2. The summed E-state index contributed by atoms with van der Waals surface area (Å²) in [5.41, 5.74) is 0.294. The molecule has 1 unspecified atom stereocenters. The largest absolute Gasteiger partial charge is 0.507 e. The lowest BCUT2D eigenvalue weighted by Crippen LogP contribution is -2.25. The second-order valence-corrected chi connectivity index (χ2v) is 6.05. The number of aromatic nitrogens is 2. The number of carbonyl (C=O) groups is 1. The number of fused-ring (bicyclic) bond motifs is 1.